The van der Waals surface area contributed by atoms with Gasteiger partial charge in [-0.2, -0.15) is 0 Å². The van der Waals surface area contributed by atoms with Crippen LogP contribution in [-0.4, -0.2) is 46.9 Å². The molecular formula is C21H21FN2O4. The minimum atomic E-state index is -1.14. The molecule has 0 saturated carbocycles. The molecule has 0 aliphatic carbocycles. The number of nitrogens with zero attached hydrogens (tertiary/aromatic N) is 1. The molecule has 1 aliphatic heterocycles. The number of hydrogen-bond acceptors (Lipinski definition) is 3. The lowest BCUT2D eigenvalue weighted by Crippen LogP contribution is -2.47. The average molecular weight is 384 g/mol. The molecule has 2 aromatic rings. The first-order chi connectivity index (χ1) is 13.5. The summed E-state index contributed by atoms with van der Waals surface area (Å²) in [6.45, 7) is 0.828. The van der Waals surface area contributed by atoms with Gasteiger partial charge in [-0.1, -0.05) is 30.3 Å². The van der Waals surface area contributed by atoms with E-state index in [1.165, 1.54) is 18.2 Å². The number of benzene rings is 2. The number of likely N-dealkylation sites (tertiary alicyclic amines) is 1. The van der Waals surface area contributed by atoms with Gasteiger partial charge in [0.15, 0.2) is 0 Å². The fourth-order valence-electron chi connectivity index (χ4n) is 3.35. The largest absolute Gasteiger partial charge is 0.478 e. The summed E-state index contributed by atoms with van der Waals surface area (Å²) in [7, 11) is 0. The first-order valence-electron chi connectivity index (χ1n) is 9.10. The molecule has 0 aromatic heterocycles. The Labute approximate surface area is 162 Å². The van der Waals surface area contributed by atoms with Crippen LogP contribution in [0.5, 0.6) is 0 Å². The monoisotopic (exact) mass is 384 g/mol. The third-order valence-corrected chi connectivity index (χ3v) is 4.84. The van der Waals surface area contributed by atoms with Crippen LogP contribution in [0.2, 0.25) is 0 Å². The molecule has 2 N–H and O–H groups in total. The summed E-state index contributed by atoms with van der Waals surface area (Å²) < 4.78 is 13.7. The number of carboxylic acids is 1. The number of carbonyl (C=O) groups excluding carboxylic acids is 2. The highest BCUT2D eigenvalue weighted by molar-refractivity contribution is 6.04. The number of nitrogens with one attached hydrogen (secondary N) is 1. The van der Waals surface area contributed by atoms with Gasteiger partial charge in [-0.25, -0.2) is 9.18 Å². The lowest BCUT2D eigenvalue weighted by Gasteiger charge is -2.32. The Morgan fingerprint density at radius 3 is 2.25 bits per heavy atom. The highest BCUT2D eigenvalue weighted by Gasteiger charge is 2.27. The standard InChI is InChI=1S/C21H21FN2O4/c22-18-8-4-1-5-14(18)13-19(25)23-15-9-11-24(12-10-15)20(26)16-6-2-3-7-17(16)21(27)28/h1-8,15H,9-13H2,(H,23,25)(H,27,28). The van der Waals surface area contributed by atoms with Gasteiger partial charge in [0, 0.05) is 19.1 Å². The molecule has 2 amide bonds. The summed E-state index contributed by atoms with van der Waals surface area (Å²) in [5, 5.41) is 12.1. The van der Waals surface area contributed by atoms with Crippen LogP contribution >= 0.6 is 0 Å². The number of piperidine rings is 1. The molecule has 7 heteroatoms. The lowest BCUT2D eigenvalue weighted by molar-refractivity contribution is -0.121. The third kappa shape index (κ3) is 4.54. The van der Waals surface area contributed by atoms with Crippen molar-refractivity contribution in [3.05, 3.63) is 71.0 Å². The summed E-state index contributed by atoms with van der Waals surface area (Å²) in [5.41, 5.74) is 0.489. The normalized spacial score (nSPS) is 14.5. The van der Waals surface area contributed by atoms with E-state index < -0.39 is 11.8 Å². The SMILES string of the molecule is O=C(Cc1ccccc1F)NC1CCN(C(=O)c2ccccc2C(=O)O)CC1. The zero-order chi connectivity index (χ0) is 20.1. The molecule has 1 aliphatic rings. The van der Waals surface area contributed by atoms with Crippen molar-refractivity contribution in [2.24, 2.45) is 0 Å². The maximum atomic E-state index is 13.7. The van der Waals surface area contributed by atoms with Gasteiger partial charge in [0.2, 0.25) is 5.91 Å². The van der Waals surface area contributed by atoms with Crippen molar-refractivity contribution in [2.75, 3.05) is 13.1 Å². The van der Waals surface area contributed by atoms with Crippen LogP contribution in [0.25, 0.3) is 0 Å². The minimum absolute atomic E-state index is 0.0205. The molecule has 0 atom stereocenters. The van der Waals surface area contributed by atoms with E-state index in [0.717, 1.165) is 0 Å². The van der Waals surface area contributed by atoms with E-state index in [-0.39, 0.29) is 35.4 Å². The fraction of sp³-hybridized carbons (Fsp3) is 0.286. The second-order valence-corrected chi connectivity index (χ2v) is 6.75. The predicted octanol–water partition coefficient (Wildman–Crippen LogP) is 2.49. The van der Waals surface area contributed by atoms with Crippen molar-refractivity contribution < 1.29 is 23.9 Å². The maximum Gasteiger partial charge on any atom is 0.336 e. The van der Waals surface area contributed by atoms with E-state index in [2.05, 4.69) is 5.32 Å². The van der Waals surface area contributed by atoms with Gasteiger partial charge >= 0.3 is 5.97 Å². The molecule has 2 aromatic carbocycles. The molecule has 0 bridgehead atoms. The number of halogens is 1. The zero-order valence-corrected chi connectivity index (χ0v) is 15.2. The summed E-state index contributed by atoms with van der Waals surface area (Å²) in [6, 6.07) is 12.2. The van der Waals surface area contributed by atoms with E-state index in [0.29, 0.717) is 31.5 Å². The molecule has 28 heavy (non-hydrogen) atoms. The summed E-state index contributed by atoms with van der Waals surface area (Å²) in [4.78, 5) is 37.7. The van der Waals surface area contributed by atoms with Gasteiger partial charge in [0.25, 0.3) is 5.91 Å². The third-order valence-electron chi connectivity index (χ3n) is 4.84. The van der Waals surface area contributed by atoms with Crippen LogP contribution < -0.4 is 5.32 Å². The zero-order valence-electron chi connectivity index (χ0n) is 15.2. The Balaban J connectivity index is 1.55. The number of carbonyl (C=O) groups is 3. The summed E-state index contributed by atoms with van der Waals surface area (Å²) in [5.74, 6) is -2.13. The van der Waals surface area contributed by atoms with E-state index in [1.807, 2.05) is 0 Å². The van der Waals surface area contributed by atoms with Crippen LogP contribution in [0, 0.1) is 5.82 Å². The molecule has 1 fully saturated rings. The molecule has 0 radical (unpaired) electrons. The molecule has 146 valence electrons. The lowest BCUT2D eigenvalue weighted by atomic mass is 10.0. The molecule has 0 spiro atoms. The predicted molar refractivity (Wildman–Crippen MR) is 101 cm³/mol. The van der Waals surface area contributed by atoms with Crippen molar-refractivity contribution in [1.29, 1.82) is 0 Å². The Kier molecular flexibility index (Phi) is 6.03. The highest BCUT2D eigenvalue weighted by atomic mass is 19.1. The minimum Gasteiger partial charge on any atom is -0.478 e. The van der Waals surface area contributed by atoms with E-state index in [4.69, 9.17) is 0 Å². The van der Waals surface area contributed by atoms with Gasteiger partial charge < -0.3 is 15.3 Å². The van der Waals surface area contributed by atoms with Crippen molar-refractivity contribution in [3.63, 3.8) is 0 Å². The fourth-order valence-corrected chi connectivity index (χ4v) is 3.35. The van der Waals surface area contributed by atoms with Crippen molar-refractivity contribution in [1.82, 2.24) is 10.2 Å². The highest BCUT2D eigenvalue weighted by Crippen LogP contribution is 2.17. The van der Waals surface area contributed by atoms with Gasteiger partial charge in [0.05, 0.1) is 17.5 Å². The summed E-state index contributed by atoms with van der Waals surface area (Å²) >= 11 is 0. The average Bonchev–Trinajstić information content (AvgIpc) is 2.69. The Morgan fingerprint density at radius 2 is 1.61 bits per heavy atom. The maximum absolute atomic E-state index is 13.7. The van der Waals surface area contributed by atoms with Crippen molar-refractivity contribution >= 4 is 17.8 Å². The van der Waals surface area contributed by atoms with Gasteiger partial charge in [-0.3, -0.25) is 9.59 Å². The molecular weight excluding hydrogens is 363 g/mol. The molecule has 0 unspecified atom stereocenters. The van der Waals surface area contributed by atoms with Crippen LogP contribution in [0.3, 0.4) is 0 Å². The molecule has 6 nitrogen and oxygen atoms in total. The Bertz CT molecular complexity index is 891. The molecule has 3 rings (SSSR count). The van der Waals surface area contributed by atoms with Crippen LogP contribution in [-0.2, 0) is 11.2 Å². The van der Waals surface area contributed by atoms with Gasteiger partial charge in [0.1, 0.15) is 5.82 Å². The van der Waals surface area contributed by atoms with Crippen LogP contribution in [0.4, 0.5) is 4.39 Å². The van der Waals surface area contributed by atoms with Gasteiger partial charge in [-0.15, -0.1) is 0 Å². The number of rotatable bonds is 5. The van der Waals surface area contributed by atoms with Gasteiger partial charge in [-0.05, 0) is 36.6 Å². The first-order valence-corrected chi connectivity index (χ1v) is 9.10. The quantitative estimate of drug-likeness (QED) is 0.829. The van der Waals surface area contributed by atoms with Crippen LogP contribution in [0.1, 0.15) is 39.1 Å². The number of hydrogen-bond donors (Lipinski definition) is 2. The molecule has 1 heterocycles. The molecule has 1 saturated heterocycles. The Hall–Kier alpha value is -3.22. The van der Waals surface area contributed by atoms with Crippen LogP contribution in [0.15, 0.2) is 48.5 Å². The van der Waals surface area contributed by atoms with Crippen molar-refractivity contribution in [2.45, 2.75) is 25.3 Å². The topological polar surface area (TPSA) is 86.7 Å². The second-order valence-electron chi connectivity index (χ2n) is 6.75. The number of carboxylic acid groups (broad SMARTS) is 1. The van der Waals surface area contributed by atoms with E-state index >= 15 is 0 Å². The Morgan fingerprint density at radius 1 is 1.00 bits per heavy atom. The number of aromatic carboxylic acids is 1. The first kappa shape index (κ1) is 19.5. The van der Waals surface area contributed by atoms with E-state index in [1.54, 1.807) is 35.2 Å². The van der Waals surface area contributed by atoms with Crippen molar-refractivity contribution in [3.8, 4) is 0 Å². The number of amides is 2. The summed E-state index contributed by atoms with van der Waals surface area (Å²) in [6.07, 6.45) is 1.09. The van der Waals surface area contributed by atoms with E-state index in [9.17, 15) is 23.9 Å². The smallest absolute Gasteiger partial charge is 0.336 e. The second kappa shape index (κ2) is 8.65.